The van der Waals surface area contributed by atoms with Gasteiger partial charge in [0.15, 0.2) is 5.58 Å². The monoisotopic (exact) mass is 267 g/mol. The molecule has 0 saturated heterocycles. The zero-order chi connectivity index (χ0) is 13.2. The van der Waals surface area contributed by atoms with E-state index in [0.29, 0.717) is 5.92 Å². The highest BCUT2D eigenvalue weighted by atomic mass is 16.5. The first-order chi connectivity index (χ1) is 9.22. The van der Waals surface area contributed by atoms with Gasteiger partial charge >= 0.3 is 0 Å². The number of aromatic nitrogens is 1. The number of fused-ring (bicyclic) bond motifs is 1. The van der Waals surface area contributed by atoms with Gasteiger partial charge < -0.3 is 4.52 Å². The van der Waals surface area contributed by atoms with Gasteiger partial charge in [0.05, 0.1) is 6.20 Å². The van der Waals surface area contributed by atoms with E-state index in [9.17, 15) is 0 Å². The average Bonchev–Trinajstić information content (AvgIpc) is 2.87. The van der Waals surface area contributed by atoms with Gasteiger partial charge in [0.1, 0.15) is 0 Å². The van der Waals surface area contributed by atoms with Crippen molar-refractivity contribution in [3.8, 4) is 0 Å². The summed E-state index contributed by atoms with van der Waals surface area (Å²) >= 11 is 0. The van der Waals surface area contributed by atoms with Crippen LogP contribution in [0.5, 0.6) is 0 Å². The van der Waals surface area contributed by atoms with Gasteiger partial charge in [-0.05, 0) is 41.2 Å². The van der Waals surface area contributed by atoms with Crippen molar-refractivity contribution in [3.63, 3.8) is 0 Å². The lowest BCUT2D eigenvalue weighted by atomic mass is 9.99. The molecule has 0 spiro atoms. The Morgan fingerprint density at radius 1 is 1.00 bits per heavy atom. The van der Waals surface area contributed by atoms with Gasteiger partial charge in [0, 0.05) is 5.39 Å². The molecule has 0 atom stereocenters. The van der Waals surface area contributed by atoms with Crippen LogP contribution in [0.25, 0.3) is 11.0 Å². The molecule has 0 bridgehead atoms. The van der Waals surface area contributed by atoms with Gasteiger partial charge in [-0.25, -0.2) is 0 Å². The van der Waals surface area contributed by atoms with Gasteiger partial charge in [0.2, 0.25) is 0 Å². The van der Waals surface area contributed by atoms with Crippen LogP contribution in [0, 0.1) is 0 Å². The smallest absolute Gasteiger partial charge is 0.167 e. The average molecular weight is 267 g/mol. The zero-order valence-electron chi connectivity index (χ0n) is 11.3. The van der Waals surface area contributed by atoms with Crippen molar-refractivity contribution in [2.75, 3.05) is 0 Å². The molecule has 0 aliphatic rings. The summed E-state index contributed by atoms with van der Waals surface area (Å²) in [6.07, 6.45) is 2.67. The Morgan fingerprint density at radius 2 is 1.70 bits per heavy atom. The number of hydrogen-bond donors (Lipinski definition) is 0. The molecule has 0 saturated carbocycles. The highest BCUT2D eigenvalue weighted by Gasteiger charge is 2.03. The second kappa shape index (κ2) is 5.91. The first kappa shape index (κ1) is 14.3. The summed E-state index contributed by atoms with van der Waals surface area (Å²) in [5.41, 5.74) is 4.82. The molecule has 20 heavy (non-hydrogen) atoms. The van der Waals surface area contributed by atoms with Crippen molar-refractivity contribution in [1.29, 1.82) is 0 Å². The van der Waals surface area contributed by atoms with Gasteiger partial charge in [-0.3, -0.25) is 0 Å². The van der Waals surface area contributed by atoms with E-state index in [1.807, 2.05) is 0 Å². The second-order valence-corrected chi connectivity index (χ2v) is 5.27. The minimum Gasteiger partial charge on any atom is -0.356 e. The predicted molar refractivity (Wildman–Crippen MR) is 84.1 cm³/mol. The van der Waals surface area contributed by atoms with E-state index < -0.39 is 0 Å². The molecule has 2 heteroatoms. The molecule has 1 aromatic heterocycles. The molecule has 0 radical (unpaired) electrons. The fourth-order valence-electron chi connectivity index (χ4n) is 2.27. The molecule has 1 heterocycles. The predicted octanol–water partition coefficient (Wildman–Crippen LogP) is 5.18. The molecule has 2 nitrogen and oxygen atoms in total. The Hall–Kier alpha value is -2.09. The molecule has 0 fully saturated rings. The summed E-state index contributed by atoms with van der Waals surface area (Å²) < 4.78 is 5.20. The van der Waals surface area contributed by atoms with Crippen LogP contribution in [0.4, 0.5) is 0 Å². The Kier molecular flexibility index (Phi) is 4.23. The fourth-order valence-corrected chi connectivity index (χ4v) is 2.27. The van der Waals surface area contributed by atoms with E-state index in [-0.39, 0.29) is 7.43 Å². The van der Waals surface area contributed by atoms with Crippen LogP contribution >= 0.6 is 0 Å². The lowest BCUT2D eigenvalue weighted by molar-refractivity contribution is 0.456. The lowest BCUT2D eigenvalue weighted by Gasteiger charge is -2.07. The van der Waals surface area contributed by atoms with Crippen molar-refractivity contribution < 1.29 is 4.52 Å². The Bertz CT molecular complexity index is 680. The fraction of sp³-hybridized carbons (Fsp3) is 0.278. The van der Waals surface area contributed by atoms with E-state index in [0.717, 1.165) is 17.4 Å². The van der Waals surface area contributed by atoms with E-state index in [2.05, 4.69) is 61.5 Å². The van der Waals surface area contributed by atoms with Crippen LogP contribution in [-0.4, -0.2) is 5.16 Å². The van der Waals surface area contributed by atoms with Crippen LogP contribution in [-0.2, 0) is 6.42 Å². The summed E-state index contributed by atoms with van der Waals surface area (Å²) in [7, 11) is 0. The molecule has 104 valence electrons. The first-order valence-electron chi connectivity index (χ1n) is 6.64. The molecule has 0 aliphatic carbocycles. The van der Waals surface area contributed by atoms with Crippen LogP contribution in [0.15, 0.2) is 53.2 Å². The third kappa shape index (κ3) is 2.90. The van der Waals surface area contributed by atoms with Gasteiger partial charge in [-0.1, -0.05) is 56.8 Å². The standard InChI is InChI=1S/C17H17NO.CH4/c1-12(2)15-6-3-13(4-7-15)9-14-5-8-16-11-18-19-17(16)10-14;/h3-8,10-12H,9H2,1-2H3;1H4. The Balaban J connectivity index is 0.00000147. The van der Waals surface area contributed by atoms with Gasteiger partial charge in [-0.15, -0.1) is 0 Å². The van der Waals surface area contributed by atoms with E-state index >= 15 is 0 Å². The summed E-state index contributed by atoms with van der Waals surface area (Å²) in [5.74, 6) is 0.583. The molecule has 0 unspecified atom stereocenters. The van der Waals surface area contributed by atoms with E-state index in [1.165, 1.54) is 16.7 Å². The molecule has 3 aromatic rings. The van der Waals surface area contributed by atoms with Gasteiger partial charge in [0.25, 0.3) is 0 Å². The Labute approximate surface area is 120 Å². The topological polar surface area (TPSA) is 26.0 Å². The maximum atomic E-state index is 5.20. The van der Waals surface area contributed by atoms with Gasteiger partial charge in [-0.2, -0.15) is 0 Å². The number of benzene rings is 2. The van der Waals surface area contributed by atoms with Crippen LogP contribution in [0.3, 0.4) is 0 Å². The van der Waals surface area contributed by atoms with Crippen molar-refractivity contribution in [2.24, 2.45) is 0 Å². The molecular formula is C18H21NO. The number of rotatable bonds is 3. The lowest BCUT2D eigenvalue weighted by Crippen LogP contribution is -1.91. The number of nitrogens with zero attached hydrogens (tertiary/aromatic N) is 1. The highest BCUT2D eigenvalue weighted by molar-refractivity contribution is 5.76. The number of hydrogen-bond acceptors (Lipinski definition) is 2. The minimum absolute atomic E-state index is 0. The molecule has 3 rings (SSSR count). The quantitative estimate of drug-likeness (QED) is 0.653. The van der Waals surface area contributed by atoms with Crippen molar-refractivity contribution in [3.05, 3.63) is 65.4 Å². The van der Waals surface area contributed by atoms with Crippen LogP contribution in [0.2, 0.25) is 0 Å². The summed E-state index contributed by atoms with van der Waals surface area (Å²) in [6, 6.07) is 15.1. The van der Waals surface area contributed by atoms with E-state index in [1.54, 1.807) is 6.20 Å². The highest BCUT2D eigenvalue weighted by Crippen LogP contribution is 2.19. The molecule has 0 aliphatic heterocycles. The normalized spacial score (nSPS) is 10.8. The summed E-state index contributed by atoms with van der Waals surface area (Å²) in [5, 5.41) is 4.86. The van der Waals surface area contributed by atoms with Crippen molar-refractivity contribution in [1.82, 2.24) is 5.16 Å². The zero-order valence-corrected chi connectivity index (χ0v) is 11.3. The van der Waals surface area contributed by atoms with Crippen LogP contribution in [0.1, 0.15) is 43.9 Å². The largest absolute Gasteiger partial charge is 0.356 e. The molecule has 2 aromatic carbocycles. The third-order valence-electron chi connectivity index (χ3n) is 3.48. The maximum absolute atomic E-state index is 5.20. The van der Waals surface area contributed by atoms with Crippen LogP contribution < -0.4 is 0 Å². The second-order valence-electron chi connectivity index (χ2n) is 5.27. The minimum atomic E-state index is 0. The van der Waals surface area contributed by atoms with Crippen molar-refractivity contribution >= 4 is 11.0 Å². The molecular weight excluding hydrogens is 246 g/mol. The van der Waals surface area contributed by atoms with Crippen molar-refractivity contribution in [2.45, 2.75) is 33.6 Å². The van der Waals surface area contributed by atoms with E-state index in [4.69, 9.17) is 4.52 Å². The summed E-state index contributed by atoms with van der Waals surface area (Å²) in [4.78, 5) is 0. The Morgan fingerprint density at radius 3 is 2.40 bits per heavy atom. The SMILES string of the molecule is C.CC(C)c1ccc(Cc2ccc3cnoc3c2)cc1. The molecule has 0 amide bonds. The molecule has 0 N–H and O–H groups in total. The maximum Gasteiger partial charge on any atom is 0.167 e. The third-order valence-corrected chi connectivity index (χ3v) is 3.48. The first-order valence-corrected chi connectivity index (χ1v) is 6.64. The summed E-state index contributed by atoms with van der Waals surface area (Å²) in [6.45, 7) is 4.43.